The van der Waals surface area contributed by atoms with Crippen LogP contribution in [0.15, 0.2) is 36.4 Å². The molecule has 28 heavy (non-hydrogen) atoms. The minimum Gasteiger partial charge on any atom is -0.497 e. The van der Waals surface area contributed by atoms with Gasteiger partial charge in [-0.05, 0) is 49.6 Å². The molecule has 1 aliphatic carbocycles. The molecule has 148 valence electrons. The Bertz CT molecular complexity index is 878. The molecule has 0 spiro atoms. The fraction of sp³-hybridized carbons (Fsp3) is 0.333. The maximum atomic E-state index is 12.4. The molecule has 2 aromatic rings. The molecule has 0 atom stereocenters. The monoisotopic (exact) mass is 383 g/mol. The number of hydrogen-bond acceptors (Lipinski definition) is 5. The lowest BCUT2D eigenvalue weighted by Gasteiger charge is -2.14. The summed E-state index contributed by atoms with van der Waals surface area (Å²) in [6.45, 7) is 1.98. The molecule has 0 aliphatic heterocycles. The van der Waals surface area contributed by atoms with Gasteiger partial charge in [0, 0.05) is 23.4 Å². The molecular formula is C21H25N3O4. The third-order valence-electron chi connectivity index (χ3n) is 4.53. The standard InChI is InChI=1S/C21H25N3O4/c1-13-4-5-14(21(26)23-15-6-7-15)10-17(13)22-12-20(25)24-18-11-16(27-2)8-9-19(18)28-3/h4-5,8-11,15,22H,6-7,12H2,1-3H3,(H,23,26)(H,24,25). The van der Waals surface area contributed by atoms with Crippen LogP contribution in [0.2, 0.25) is 0 Å². The molecule has 1 aliphatic rings. The van der Waals surface area contributed by atoms with Crippen molar-refractivity contribution in [3.05, 3.63) is 47.5 Å². The Balaban J connectivity index is 1.63. The number of nitrogens with one attached hydrogen (secondary N) is 3. The van der Waals surface area contributed by atoms with E-state index in [0.29, 0.717) is 28.8 Å². The summed E-state index contributed by atoms with van der Waals surface area (Å²) in [6, 6.07) is 10.9. The lowest BCUT2D eigenvalue weighted by atomic mass is 10.1. The number of aryl methyl sites for hydroxylation is 1. The summed E-state index contributed by atoms with van der Waals surface area (Å²) >= 11 is 0. The van der Waals surface area contributed by atoms with Crippen molar-refractivity contribution in [2.24, 2.45) is 0 Å². The van der Waals surface area contributed by atoms with Crippen LogP contribution in [-0.2, 0) is 4.79 Å². The van der Waals surface area contributed by atoms with Crippen LogP contribution in [-0.4, -0.2) is 38.6 Å². The van der Waals surface area contributed by atoms with E-state index in [0.717, 1.165) is 24.1 Å². The second kappa shape index (κ2) is 8.65. The van der Waals surface area contributed by atoms with Gasteiger partial charge in [-0.2, -0.15) is 0 Å². The van der Waals surface area contributed by atoms with Gasteiger partial charge < -0.3 is 25.4 Å². The van der Waals surface area contributed by atoms with Gasteiger partial charge in [0.1, 0.15) is 11.5 Å². The van der Waals surface area contributed by atoms with E-state index in [2.05, 4.69) is 16.0 Å². The topological polar surface area (TPSA) is 88.7 Å². The number of hydrogen-bond donors (Lipinski definition) is 3. The Hall–Kier alpha value is -3.22. The van der Waals surface area contributed by atoms with Crippen LogP contribution in [0.5, 0.6) is 11.5 Å². The average Bonchev–Trinajstić information content (AvgIpc) is 3.51. The highest BCUT2D eigenvalue weighted by atomic mass is 16.5. The summed E-state index contributed by atoms with van der Waals surface area (Å²) in [4.78, 5) is 24.6. The van der Waals surface area contributed by atoms with Crippen molar-refractivity contribution in [2.75, 3.05) is 31.4 Å². The highest BCUT2D eigenvalue weighted by Crippen LogP contribution is 2.29. The Kier molecular flexibility index (Phi) is 6.03. The second-order valence-electron chi connectivity index (χ2n) is 6.75. The predicted octanol–water partition coefficient (Wildman–Crippen LogP) is 2.96. The van der Waals surface area contributed by atoms with Crippen LogP contribution < -0.4 is 25.4 Å². The van der Waals surface area contributed by atoms with Crippen LogP contribution in [0.3, 0.4) is 0 Å². The highest BCUT2D eigenvalue weighted by Gasteiger charge is 2.24. The summed E-state index contributed by atoms with van der Waals surface area (Å²) in [5.41, 5.74) is 2.81. The average molecular weight is 383 g/mol. The minimum absolute atomic E-state index is 0.0505. The van der Waals surface area contributed by atoms with Crippen LogP contribution in [0.4, 0.5) is 11.4 Å². The number of ether oxygens (including phenoxy) is 2. The molecule has 0 heterocycles. The molecule has 0 radical (unpaired) electrons. The van der Waals surface area contributed by atoms with Gasteiger partial charge in [0.15, 0.2) is 0 Å². The zero-order valence-corrected chi connectivity index (χ0v) is 16.3. The molecule has 3 N–H and O–H groups in total. The van der Waals surface area contributed by atoms with E-state index >= 15 is 0 Å². The first-order chi connectivity index (χ1) is 13.5. The van der Waals surface area contributed by atoms with Gasteiger partial charge in [0.05, 0.1) is 26.5 Å². The molecule has 2 amide bonds. The van der Waals surface area contributed by atoms with Gasteiger partial charge in [-0.15, -0.1) is 0 Å². The Labute approximate surface area is 164 Å². The summed E-state index contributed by atoms with van der Waals surface area (Å²) in [6.07, 6.45) is 2.08. The lowest BCUT2D eigenvalue weighted by molar-refractivity contribution is -0.114. The lowest BCUT2D eigenvalue weighted by Crippen LogP contribution is -2.26. The van der Waals surface area contributed by atoms with Gasteiger partial charge in [0.2, 0.25) is 5.91 Å². The van der Waals surface area contributed by atoms with Crippen LogP contribution in [0.1, 0.15) is 28.8 Å². The fourth-order valence-electron chi connectivity index (χ4n) is 2.73. The Morgan fingerprint density at radius 2 is 1.82 bits per heavy atom. The van der Waals surface area contributed by atoms with E-state index in [1.807, 2.05) is 13.0 Å². The molecule has 7 nitrogen and oxygen atoms in total. The Morgan fingerprint density at radius 1 is 1.04 bits per heavy atom. The molecule has 0 aromatic heterocycles. The number of benzene rings is 2. The molecule has 3 rings (SSSR count). The van der Waals surface area contributed by atoms with Gasteiger partial charge in [-0.25, -0.2) is 0 Å². The summed E-state index contributed by atoms with van der Waals surface area (Å²) in [5, 5.41) is 8.88. The van der Waals surface area contributed by atoms with Crippen LogP contribution in [0, 0.1) is 6.92 Å². The maximum Gasteiger partial charge on any atom is 0.251 e. The summed E-state index contributed by atoms with van der Waals surface area (Å²) in [5.74, 6) is 0.841. The smallest absolute Gasteiger partial charge is 0.251 e. The van der Waals surface area contributed by atoms with Crippen molar-refractivity contribution < 1.29 is 19.1 Å². The van der Waals surface area contributed by atoms with Gasteiger partial charge in [0.25, 0.3) is 5.91 Å². The van der Waals surface area contributed by atoms with E-state index in [1.165, 1.54) is 7.11 Å². The Morgan fingerprint density at radius 3 is 2.50 bits per heavy atom. The first-order valence-corrected chi connectivity index (χ1v) is 9.17. The maximum absolute atomic E-state index is 12.4. The largest absolute Gasteiger partial charge is 0.497 e. The quantitative estimate of drug-likeness (QED) is 0.652. The van der Waals surface area contributed by atoms with Crippen molar-refractivity contribution in [1.29, 1.82) is 0 Å². The van der Waals surface area contributed by atoms with Crippen molar-refractivity contribution in [3.8, 4) is 11.5 Å². The SMILES string of the molecule is COc1ccc(OC)c(NC(=O)CNc2cc(C(=O)NC3CC3)ccc2C)c1. The van der Waals surface area contributed by atoms with E-state index in [4.69, 9.17) is 9.47 Å². The van der Waals surface area contributed by atoms with Crippen molar-refractivity contribution in [2.45, 2.75) is 25.8 Å². The number of carbonyl (C=O) groups is 2. The molecule has 0 saturated heterocycles. The second-order valence-corrected chi connectivity index (χ2v) is 6.75. The van der Waals surface area contributed by atoms with Gasteiger partial charge in [-0.1, -0.05) is 6.07 Å². The molecule has 0 unspecified atom stereocenters. The van der Waals surface area contributed by atoms with Gasteiger partial charge >= 0.3 is 0 Å². The van der Waals surface area contributed by atoms with E-state index in [1.54, 1.807) is 37.4 Å². The number of rotatable bonds is 8. The molecule has 0 bridgehead atoms. The fourth-order valence-corrected chi connectivity index (χ4v) is 2.73. The molecular weight excluding hydrogens is 358 g/mol. The van der Waals surface area contributed by atoms with Crippen molar-refractivity contribution in [1.82, 2.24) is 5.32 Å². The van der Waals surface area contributed by atoms with E-state index < -0.39 is 0 Å². The molecule has 1 fully saturated rings. The number of carbonyl (C=O) groups excluding carboxylic acids is 2. The number of amides is 2. The van der Waals surface area contributed by atoms with Crippen LogP contribution in [0.25, 0.3) is 0 Å². The molecule has 2 aromatic carbocycles. The van der Waals surface area contributed by atoms with E-state index in [-0.39, 0.29) is 18.4 Å². The normalized spacial score (nSPS) is 12.8. The highest BCUT2D eigenvalue weighted by molar-refractivity contribution is 5.97. The third-order valence-corrected chi connectivity index (χ3v) is 4.53. The molecule has 1 saturated carbocycles. The number of methoxy groups -OCH3 is 2. The first-order valence-electron chi connectivity index (χ1n) is 9.17. The summed E-state index contributed by atoms with van der Waals surface area (Å²) in [7, 11) is 3.10. The first kappa shape index (κ1) is 19.5. The molecule has 7 heteroatoms. The number of anilines is 2. The summed E-state index contributed by atoms with van der Waals surface area (Å²) < 4.78 is 10.5. The predicted molar refractivity (Wildman–Crippen MR) is 108 cm³/mol. The van der Waals surface area contributed by atoms with Crippen LogP contribution >= 0.6 is 0 Å². The van der Waals surface area contributed by atoms with Crippen molar-refractivity contribution >= 4 is 23.2 Å². The van der Waals surface area contributed by atoms with Crippen molar-refractivity contribution in [3.63, 3.8) is 0 Å². The zero-order chi connectivity index (χ0) is 20.1. The van der Waals surface area contributed by atoms with E-state index in [9.17, 15) is 9.59 Å². The van der Waals surface area contributed by atoms with Gasteiger partial charge in [-0.3, -0.25) is 9.59 Å². The minimum atomic E-state index is -0.237. The zero-order valence-electron chi connectivity index (χ0n) is 16.3. The third kappa shape index (κ3) is 4.94.